The molecule has 3 aromatic rings. The van der Waals surface area contributed by atoms with Crippen molar-refractivity contribution in [2.24, 2.45) is 0 Å². The standard InChI is InChI=1S/C19H19ClN6O3S/c20-15-6-3-5-14(11-15)19-22-24-26(23-19)13-18(27)21-16-7-4-8-17(12-16)30(28,29)25-9-1-2-10-25/h3-8,11-12H,1-2,9-10,13H2,(H,21,27). The summed E-state index contributed by atoms with van der Waals surface area (Å²) in [5, 5.41) is 15.2. The number of nitrogens with zero attached hydrogens (tertiary/aromatic N) is 5. The second kappa shape index (κ2) is 8.50. The number of hydrogen-bond donors (Lipinski definition) is 1. The van der Waals surface area contributed by atoms with Gasteiger partial charge in [-0.05, 0) is 48.4 Å². The maximum Gasteiger partial charge on any atom is 0.248 e. The summed E-state index contributed by atoms with van der Waals surface area (Å²) in [4.78, 5) is 13.7. The Balaban J connectivity index is 1.44. The van der Waals surface area contributed by atoms with Crippen LogP contribution < -0.4 is 5.32 Å². The second-order valence-electron chi connectivity index (χ2n) is 6.84. The number of hydrogen-bond acceptors (Lipinski definition) is 6. The van der Waals surface area contributed by atoms with E-state index in [1.54, 1.807) is 36.4 Å². The lowest BCUT2D eigenvalue weighted by Crippen LogP contribution is -2.28. The Morgan fingerprint density at radius 3 is 2.63 bits per heavy atom. The fourth-order valence-electron chi connectivity index (χ4n) is 3.19. The van der Waals surface area contributed by atoms with Crippen LogP contribution in [0.4, 0.5) is 5.69 Å². The number of nitrogens with one attached hydrogen (secondary N) is 1. The van der Waals surface area contributed by atoms with Crippen molar-refractivity contribution in [2.75, 3.05) is 18.4 Å². The molecular weight excluding hydrogens is 428 g/mol. The summed E-state index contributed by atoms with van der Waals surface area (Å²) < 4.78 is 26.9. The zero-order valence-corrected chi connectivity index (χ0v) is 17.5. The van der Waals surface area contributed by atoms with Crippen LogP contribution in [0.3, 0.4) is 0 Å². The molecule has 1 aliphatic rings. The average molecular weight is 447 g/mol. The van der Waals surface area contributed by atoms with E-state index in [1.165, 1.54) is 16.4 Å². The summed E-state index contributed by atoms with van der Waals surface area (Å²) >= 11 is 5.97. The van der Waals surface area contributed by atoms with Crippen LogP contribution in [0.25, 0.3) is 11.4 Å². The van der Waals surface area contributed by atoms with Crippen LogP contribution in [0.1, 0.15) is 12.8 Å². The number of tetrazole rings is 1. The summed E-state index contributed by atoms with van der Waals surface area (Å²) in [6.07, 6.45) is 1.72. The fraction of sp³-hybridized carbons (Fsp3) is 0.263. The van der Waals surface area contributed by atoms with E-state index >= 15 is 0 Å². The quantitative estimate of drug-likeness (QED) is 0.622. The van der Waals surface area contributed by atoms with Gasteiger partial charge in [0.05, 0.1) is 4.90 Å². The van der Waals surface area contributed by atoms with Crippen molar-refractivity contribution >= 4 is 33.2 Å². The Morgan fingerprint density at radius 2 is 1.87 bits per heavy atom. The Kier molecular flexibility index (Phi) is 5.80. The molecule has 2 heterocycles. The number of benzene rings is 2. The first kappa shape index (κ1) is 20.5. The van der Waals surface area contributed by atoms with Crippen LogP contribution in [0.2, 0.25) is 5.02 Å². The molecule has 0 bridgehead atoms. The third-order valence-electron chi connectivity index (χ3n) is 4.64. The van der Waals surface area contributed by atoms with Gasteiger partial charge in [-0.25, -0.2) is 8.42 Å². The molecule has 4 rings (SSSR count). The molecule has 0 saturated carbocycles. The Labute approximate surface area is 178 Å². The van der Waals surface area contributed by atoms with Gasteiger partial charge in [0.15, 0.2) is 0 Å². The minimum absolute atomic E-state index is 0.157. The van der Waals surface area contributed by atoms with Gasteiger partial charge in [-0.3, -0.25) is 4.79 Å². The number of carbonyl (C=O) groups is 1. The van der Waals surface area contributed by atoms with E-state index in [4.69, 9.17) is 11.6 Å². The van der Waals surface area contributed by atoms with Crippen LogP contribution in [-0.4, -0.2) is 51.9 Å². The van der Waals surface area contributed by atoms with Crippen molar-refractivity contribution in [1.29, 1.82) is 0 Å². The van der Waals surface area contributed by atoms with Gasteiger partial charge in [0.25, 0.3) is 0 Å². The molecule has 0 unspecified atom stereocenters. The zero-order chi connectivity index (χ0) is 21.1. The van der Waals surface area contributed by atoms with Crippen LogP contribution in [-0.2, 0) is 21.4 Å². The Bertz CT molecular complexity index is 1170. The van der Waals surface area contributed by atoms with E-state index in [-0.39, 0.29) is 11.4 Å². The smallest absolute Gasteiger partial charge is 0.248 e. The highest BCUT2D eigenvalue weighted by Gasteiger charge is 2.27. The van der Waals surface area contributed by atoms with Gasteiger partial charge in [-0.1, -0.05) is 29.8 Å². The fourth-order valence-corrected chi connectivity index (χ4v) is 4.95. The summed E-state index contributed by atoms with van der Waals surface area (Å²) in [6.45, 7) is 0.869. The van der Waals surface area contributed by atoms with E-state index in [9.17, 15) is 13.2 Å². The van der Waals surface area contributed by atoms with Gasteiger partial charge < -0.3 is 5.32 Å². The molecule has 9 nitrogen and oxygen atoms in total. The van der Waals surface area contributed by atoms with Gasteiger partial charge in [0.1, 0.15) is 6.54 Å². The lowest BCUT2D eigenvalue weighted by Gasteiger charge is -2.16. The number of anilines is 1. The number of carbonyl (C=O) groups excluding carboxylic acids is 1. The Hall–Kier alpha value is -2.82. The summed E-state index contributed by atoms with van der Waals surface area (Å²) in [6, 6.07) is 13.2. The first-order chi connectivity index (χ1) is 14.4. The van der Waals surface area contributed by atoms with Crippen molar-refractivity contribution in [2.45, 2.75) is 24.3 Å². The third-order valence-corrected chi connectivity index (χ3v) is 6.77. The normalized spacial score (nSPS) is 14.7. The third kappa shape index (κ3) is 4.50. The molecule has 11 heteroatoms. The molecule has 0 radical (unpaired) electrons. The molecule has 1 amide bonds. The topological polar surface area (TPSA) is 110 Å². The molecule has 30 heavy (non-hydrogen) atoms. The van der Waals surface area contributed by atoms with Crippen molar-refractivity contribution in [3.63, 3.8) is 0 Å². The molecule has 1 saturated heterocycles. The predicted octanol–water partition coefficient (Wildman–Crippen LogP) is 2.42. The van der Waals surface area contributed by atoms with Crippen molar-refractivity contribution < 1.29 is 13.2 Å². The van der Waals surface area contributed by atoms with Crippen molar-refractivity contribution in [3.05, 3.63) is 53.6 Å². The van der Waals surface area contributed by atoms with E-state index in [0.717, 1.165) is 17.6 Å². The van der Waals surface area contributed by atoms with E-state index < -0.39 is 15.9 Å². The minimum Gasteiger partial charge on any atom is -0.324 e. The van der Waals surface area contributed by atoms with E-state index in [1.807, 2.05) is 0 Å². The molecule has 1 aliphatic heterocycles. The van der Waals surface area contributed by atoms with Gasteiger partial charge >= 0.3 is 0 Å². The summed E-state index contributed by atoms with van der Waals surface area (Å²) in [5.74, 6) is -0.0511. The number of aromatic nitrogens is 4. The van der Waals surface area contributed by atoms with Crippen LogP contribution in [0.15, 0.2) is 53.4 Å². The second-order valence-corrected chi connectivity index (χ2v) is 9.22. The monoisotopic (exact) mass is 446 g/mol. The number of halogens is 1. The highest BCUT2D eigenvalue weighted by atomic mass is 35.5. The molecule has 0 aliphatic carbocycles. The van der Waals surface area contributed by atoms with E-state index in [2.05, 4.69) is 20.7 Å². The Morgan fingerprint density at radius 1 is 1.10 bits per heavy atom. The molecule has 1 aromatic heterocycles. The number of amides is 1. The molecule has 0 spiro atoms. The zero-order valence-electron chi connectivity index (χ0n) is 15.9. The van der Waals surface area contributed by atoms with Gasteiger partial charge in [-0.2, -0.15) is 9.10 Å². The van der Waals surface area contributed by atoms with Crippen molar-refractivity contribution in [3.8, 4) is 11.4 Å². The predicted molar refractivity (Wildman–Crippen MR) is 111 cm³/mol. The molecule has 2 aromatic carbocycles. The average Bonchev–Trinajstić information content (AvgIpc) is 3.41. The highest BCUT2D eigenvalue weighted by Crippen LogP contribution is 2.23. The van der Waals surface area contributed by atoms with Gasteiger partial charge in [0.2, 0.25) is 21.8 Å². The maximum absolute atomic E-state index is 12.7. The lowest BCUT2D eigenvalue weighted by molar-refractivity contribution is -0.117. The lowest BCUT2D eigenvalue weighted by atomic mass is 10.2. The first-order valence-corrected chi connectivity index (χ1v) is 11.2. The number of rotatable bonds is 6. The SMILES string of the molecule is O=C(Cn1nnc(-c2cccc(Cl)c2)n1)Nc1cccc(S(=O)(=O)N2CCCC2)c1. The summed E-state index contributed by atoms with van der Waals surface area (Å²) in [5.41, 5.74) is 1.07. The molecular formula is C19H19ClN6O3S. The largest absolute Gasteiger partial charge is 0.324 e. The van der Waals surface area contributed by atoms with Crippen LogP contribution in [0, 0.1) is 0 Å². The summed E-state index contributed by atoms with van der Waals surface area (Å²) in [7, 11) is -3.56. The highest BCUT2D eigenvalue weighted by molar-refractivity contribution is 7.89. The van der Waals surface area contributed by atoms with Gasteiger partial charge in [-0.15, -0.1) is 10.2 Å². The minimum atomic E-state index is -3.56. The van der Waals surface area contributed by atoms with Crippen molar-refractivity contribution in [1.82, 2.24) is 24.5 Å². The molecule has 1 N–H and O–H groups in total. The number of sulfonamides is 1. The van der Waals surface area contributed by atoms with E-state index in [0.29, 0.717) is 35.2 Å². The van der Waals surface area contributed by atoms with Gasteiger partial charge in [0, 0.05) is 29.4 Å². The van der Waals surface area contributed by atoms with Crippen LogP contribution in [0.5, 0.6) is 0 Å². The van der Waals surface area contributed by atoms with Crippen LogP contribution >= 0.6 is 11.6 Å². The maximum atomic E-state index is 12.7. The molecule has 1 fully saturated rings. The molecule has 156 valence electrons. The molecule has 0 atom stereocenters. The first-order valence-electron chi connectivity index (χ1n) is 9.36.